The van der Waals surface area contributed by atoms with E-state index >= 15 is 0 Å². The molecule has 4 rings (SSSR count). The number of aryl methyl sites for hydroxylation is 1. The Balaban J connectivity index is 1.41. The summed E-state index contributed by atoms with van der Waals surface area (Å²) in [6.07, 6.45) is 7.44. The van der Waals surface area contributed by atoms with Gasteiger partial charge in [0.25, 0.3) is 5.91 Å². The van der Waals surface area contributed by atoms with Gasteiger partial charge in [0, 0.05) is 12.6 Å². The fraction of sp³-hybridized carbons (Fsp3) is 0.455. The van der Waals surface area contributed by atoms with Gasteiger partial charge in [-0.2, -0.15) is 5.10 Å². The molecule has 0 fully saturated rings. The molecule has 7 nitrogen and oxygen atoms in total. The second kappa shape index (κ2) is 9.38. The first-order valence-electron chi connectivity index (χ1n) is 10.6. The summed E-state index contributed by atoms with van der Waals surface area (Å²) >= 11 is 1.52. The Labute approximate surface area is 179 Å². The van der Waals surface area contributed by atoms with Crippen LogP contribution in [0.4, 0.5) is 0 Å². The Kier molecular flexibility index (Phi) is 6.42. The number of fused-ring (bicyclic) bond motifs is 2. The normalized spacial score (nSPS) is 16.8. The average Bonchev–Trinajstić information content (AvgIpc) is 3.43. The molecule has 8 heteroatoms. The van der Waals surface area contributed by atoms with Crippen molar-refractivity contribution < 1.29 is 9.59 Å². The third-order valence-electron chi connectivity index (χ3n) is 5.72. The minimum absolute atomic E-state index is 0.0113. The number of benzene rings is 1. The minimum atomic E-state index is -0.195. The molecule has 0 bridgehead atoms. The van der Waals surface area contributed by atoms with Crippen molar-refractivity contribution in [1.82, 2.24) is 25.8 Å². The predicted molar refractivity (Wildman–Crippen MR) is 118 cm³/mol. The number of unbranched alkanes of at least 4 members (excludes halogenated alkanes) is 1. The van der Waals surface area contributed by atoms with E-state index in [1.54, 1.807) is 11.6 Å². The van der Waals surface area contributed by atoms with E-state index in [2.05, 4.69) is 32.7 Å². The highest BCUT2D eigenvalue weighted by atomic mass is 32.1. The first-order chi connectivity index (χ1) is 14.7. The van der Waals surface area contributed by atoms with Crippen molar-refractivity contribution in [3.8, 4) is 0 Å². The molecule has 1 aliphatic carbocycles. The molecular weight excluding hydrogens is 398 g/mol. The topological polar surface area (TPSA) is 99.8 Å². The number of para-hydroxylation sites is 1. The lowest BCUT2D eigenvalue weighted by atomic mass is 9.87. The number of carbonyl (C=O) groups is 2. The molecular formula is C22H27N5O2S. The second-order valence-corrected chi connectivity index (χ2v) is 8.70. The second-order valence-electron chi connectivity index (χ2n) is 7.82. The summed E-state index contributed by atoms with van der Waals surface area (Å²) in [4.78, 5) is 30.1. The van der Waals surface area contributed by atoms with Crippen LogP contribution in [-0.4, -0.2) is 39.6 Å². The largest absolute Gasteiger partial charge is 0.351 e. The average molecular weight is 426 g/mol. The fourth-order valence-corrected chi connectivity index (χ4v) is 4.79. The van der Waals surface area contributed by atoms with E-state index in [0.717, 1.165) is 60.0 Å². The van der Waals surface area contributed by atoms with Gasteiger partial charge < -0.3 is 10.6 Å². The molecule has 0 saturated heterocycles. The Morgan fingerprint density at radius 3 is 3.13 bits per heavy atom. The van der Waals surface area contributed by atoms with Gasteiger partial charge in [-0.15, -0.1) is 11.3 Å². The van der Waals surface area contributed by atoms with Gasteiger partial charge in [0.2, 0.25) is 5.91 Å². The van der Waals surface area contributed by atoms with Crippen LogP contribution in [0.5, 0.6) is 0 Å². The van der Waals surface area contributed by atoms with Gasteiger partial charge >= 0.3 is 0 Å². The molecule has 3 N–H and O–H groups in total. The van der Waals surface area contributed by atoms with Gasteiger partial charge in [-0.3, -0.25) is 14.7 Å². The lowest BCUT2D eigenvalue weighted by Crippen LogP contribution is -2.45. The van der Waals surface area contributed by atoms with Crippen molar-refractivity contribution >= 4 is 33.4 Å². The predicted octanol–water partition coefficient (Wildman–Crippen LogP) is 3.54. The van der Waals surface area contributed by atoms with E-state index in [-0.39, 0.29) is 23.8 Å². The lowest BCUT2D eigenvalue weighted by Gasteiger charge is -2.25. The smallest absolute Gasteiger partial charge is 0.253 e. The molecule has 30 heavy (non-hydrogen) atoms. The van der Waals surface area contributed by atoms with Gasteiger partial charge in [0.1, 0.15) is 0 Å². The van der Waals surface area contributed by atoms with Crippen molar-refractivity contribution in [3.05, 3.63) is 46.7 Å². The quantitative estimate of drug-likeness (QED) is 0.514. The van der Waals surface area contributed by atoms with Gasteiger partial charge in [-0.05, 0) is 43.4 Å². The SMILES string of the molecule is CCCCC(CNC(=O)c1cccc2scnc12)NC(=O)C1CCCc2cn[nH]c21. The molecule has 0 spiro atoms. The number of H-pyrrole nitrogens is 1. The van der Waals surface area contributed by atoms with Crippen molar-refractivity contribution in [2.24, 2.45) is 0 Å². The van der Waals surface area contributed by atoms with Crippen molar-refractivity contribution in [1.29, 1.82) is 0 Å². The van der Waals surface area contributed by atoms with Crippen LogP contribution in [0.2, 0.25) is 0 Å². The van der Waals surface area contributed by atoms with Crippen molar-refractivity contribution in [3.63, 3.8) is 0 Å². The number of hydrogen-bond acceptors (Lipinski definition) is 5. The minimum Gasteiger partial charge on any atom is -0.351 e. The number of nitrogens with one attached hydrogen (secondary N) is 3. The number of rotatable bonds is 8. The van der Waals surface area contributed by atoms with E-state index in [9.17, 15) is 9.59 Å². The third-order valence-corrected chi connectivity index (χ3v) is 6.52. The number of hydrogen-bond donors (Lipinski definition) is 3. The zero-order valence-electron chi connectivity index (χ0n) is 17.1. The fourth-order valence-electron chi connectivity index (χ4n) is 4.08. The highest BCUT2D eigenvalue weighted by Crippen LogP contribution is 2.30. The summed E-state index contributed by atoms with van der Waals surface area (Å²) in [6, 6.07) is 5.52. The maximum Gasteiger partial charge on any atom is 0.253 e. The van der Waals surface area contributed by atoms with E-state index in [1.165, 1.54) is 11.3 Å². The number of nitrogens with zero attached hydrogens (tertiary/aromatic N) is 2. The molecule has 1 aliphatic rings. The lowest BCUT2D eigenvalue weighted by molar-refractivity contribution is -0.123. The number of carbonyl (C=O) groups excluding carboxylic acids is 2. The molecule has 1 aromatic carbocycles. The van der Waals surface area contributed by atoms with Gasteiger partial charge in [0.15, 0.2) is 0 Å². The standard InChI is InChI=1S/C22H27N5O2S/c1-2-3-7-15(26-22(29)16-8-4-6-14-11-25-27-19(14)16)12-23-21(28)17-9-5-10-18-20(17)24-13-30-18/h5,9-11,13,15-16H,2-4,6-8,12H2,1H3,(H,23,28)(H,25,27)(H,26,29). The summed E-state index contributed by atoms with van der Waals surface area (Å²) in [5.41, 5.74) is 5.12. The number of amides is 2. The first-order valence-corrected chi connectivity index (χ1v) is 11.5. The highest BCUT2D eigenvalue weighted by Gasteiger charge is 2.29. The van der Waals surface area contributed by atoms with E-state index in [0.29, 0.717) is 12.1 Å². The molecule has 2 aromatic heterocycles. The maximum absolute atomic E-state index is 13.0. The van der Waals surface area contributed by atoms with Crippen LogP contribution in [0, 0.1) is 0 Å². The number of aromatic amines is 1. The van der Waals surface area contributed by atoms with Crippen molar-refractivity contribution in [2.45, 2.75) is 57.4 Å². The first kappa shape index (κ1) is 20.5. The Hall–Kier alpha value is -2.74. The molecule has 2 unspecified atom stereocenters. The molecule has 3 aromatic rings. The molecule has 2 amide bonds. The van der Waals surface area contributed by atoms with Crippen LogP contribution < -0.4 is 10.6 Å². The van der Waals surface area contributed by atoms with Crippen LogP contribution >= 0.6 is 11.3 Å². The third kappa shape index (κ3) is 4.38. The maximum atomic E-state index is 13.0. The van der Waals surface area contributed by atoms with Crippen LogP contribution in [0.15, 0.2) is 29.9 Å². The summed E-state index contributed by atoms with van der Waals surface area (Å²) in [5.74, 6) is -0.340. The zero-order chi connectivity index (χ0) is 20.9. The van der Waals surface area contributed by atoms with Crippen LogP contribution in [0.25, 0.3) is 10.2 Å². The van der Waals surface area contributed by atoms with E-state index in [4.69, 9.17) is 0 Å². The van der Waals surface area contributed by atoms with Crippen LogP contribution in [0.3, 0.4) is 0 Å². The number of aromatic nitrogens is 3. The monoisotopic (exact) mass is 425 g/mol. The summed E-state index contributed by atoms with van der Waals surface area (Å²) < 4.78 is 0.992. The Morgan fingerprint density at radius 2 is 2.27 bits per heavy atom. The molecule has 0 radical (unpaired) electrons. The Bertz CT molecular complexity index is 1030. The zero-order valence-corrected chi connectivity index (χ0v) is 17.9. The van der Waals surface area contributed by atoms with Gasteiger partial charge in [-0.1, -0.05) is 25.8 Å². The molecule has 158 valence electrons. The van der Waals surface area contributed by atoms with Crippen LogP contribution in [-0.2, 0) is 11.2 Å². The van der Waals surface area contributed by atoms with Crippen LogP contribution in [0.1, 0.15) is 66.6 Å². The summed E-state index contributed by atoms with van der Waals surface area (Å²) in [5, 5.41) is 13.3. The molecule has 0 saturated carbocycles. The summed E-state index contributed by atoms with van der Waals surface area (Å²) in [6.45, 7) is 2.52. The van der Waals surface area contributed by atoms with Gasteiger partial charge in [-0.25, -0.2) is 4.98 Å². The number of thiazole rings is 1. The van der Waals surface area contributed by atoms with Gasteiger partial charge in [0.05, 0.1) is 39.1 Å². The Morgan fingerprint density at radius 1 is 1.37 bits per heavy atom. The van der Waals surface area contributed by atoms with E-state index in [1.807, 2.05) is 18.3 Å². The highest BCUT2D eigenvalue weighted by molar-refractivity contribution is 7.16. The van der Waals surface area contributed by atoms with Crippen molar-refractivity contribution in [2.75, 3.05) is 6.54 Å². The molecule has 2 atom stereocenters. The summed E-state index contributed by atoms with van der Waals surface area (Å²) in [7, 11) is 0. The molecule has 2 heterocycles. The van der Waals surface area contributed by atoms with E-state index < -0.39 is 0 Å². The molecule has 0 aliphatic heterocycles.